The molecular formula is C30H34ClN7O2. The molecule has 4 rings (SSSR count). The van der Waals surface area contributed by atoms with E-state index in [1.165, 1.54) is 6.08 Å². The van der Waals surface area contributed by atoms with Crippen molar-refractivity contribution in [3.63, 3.8) is 0 Å². The molecule has 0 radical (unpaired) electrons. The summed E-state index contributed by atoms with van der Waals surface area (Å²) in [6.07, 6.45) is 8.60. The highest BCUT2D eigenvalue weighted by Gasteiger charge is 2.19. The van der Waals surface area contributed by atoms with E-state index in [4.69, 9.17) is 21.6 Å². The number of carbonyl (C=O) groups is 1. The SMILES string of the molecule is CNc1ccc(C#N)cc1N/C=C\C(=O)NCc1cccc(-c2ncc(OCC3CCN(CCCl)CC3)cn2)c1. The number of piperidine rings is 1. The Kier molecular flexibility index (Phi) is 10.7. The average Bonchev–Trinajstić information content (AvgIpc) is 3.00. The van der Waals surface area contributed by atoms with Crippen molar-refractivity contribution in [1.82, 2.24) is 20.2 Å². The van der Waals surface area contributed by atoms with Crippen molar-refractivity contribution in [3.8, 4) is 23.2 Å². The molecule has 2 heterocycles. The number of rotatable bonds is 12. The van der Waals surface area contributed by atoms with Gasteiger partial charge in [0.1, 0.15) is 0 Å². The topological polar surface area (TPSA) is 115 Å². The minimum absolute atomic E-state index is 0.247. The van der Waals surface area contributed by atoms with Crippen LogP contribution in [-0.4, -0.2) is 59.9 Å². The van der Waals surface area contributed by atoms with Crippen LogP contribution < -0.4 is 20.7 Å². The summed E-state index contributed by atoms with van der Waals surface area (Å²) in [6.45, 7) is 4.10. The second-order valence-corrected chi connectivity index (χ2v) is 9.92. The van der Waals surface area contributed by atoms with Gasteiger partial charge in [-0.2, -0.15) is 5.26 Å². The minimum Gasteiger partial charge on any atom is -0.490 e. The van der Waals surface area contributed by atoms with Crippen molar-refractivity contribution in [2.45, 2.75) is 19.4 Å². The van der Waals surface area contributed by atoms with E-state index in [2.05, 4.69) is 36.9 Å². The lowest BCUT2D eigenvalue weighted by Gasteiger charge is -2.31. The number of likely N-dealkylation sites (tertiary alicyclic amines) is 1. The van der Waals surface area contributed by atoms with Crippen LogP contribution in [0.1, 0.15) is 24.0 Å². The van der Waals surface area contributed by atoms with Gasteiger partial charge in [-0.1, -0.05) is 18.2 Å². The molecule has 1 fully saturated rings. The third-order valence-electron chi connectivity index (χ3n) is 6.77. The highest BCUT2D eigenvalue weighted by Crippen LogP contribution is 2.23. The normalized spacial score (nSPS) is 14.0. The van der Waals surface area contributed by atoms with E-state index < -0.39 is 0 Å². The van der Waals surface area contributed by atoms with Crippen LogP contribution in [0.15, 0.2) is 67.1 Å². The van der Waals surface area contributed by atoms with E-state index in [0.29, 0.717) is 47.8 Å². The number of carbonyl (C=O) groups excluding carboxylic acids is 1. The number of anilines is 2. The first-order valence-corrected chi connectivity index (χ1v) is 13.9. The molecule has 1 saturated heterocycles. The molecule has 40 heavy (non-hydrogen) atoms. The monoisotopic (exact) mass is 559 g/mol. The third-order valence-corrected chi connectivity index (χ3v) is 6.93. The molecular weight excluding hydrogens is 526 g/mol. The van der Waals surface area contributed by atoms with Gasteiger partial charge in [-0.3, -0.25) is 4.79 Å². The lowest BCUT2D eigenvalue weighted by Crippen LogP contribution is -2.36. The van der Waals surface area contributed by atoms with Gasteiger partial charge in [0.05, 0.1) is 42.0 Å². The van der Waals surface area contributed by atoms with Crippen LogP contribution in [-0.2, 0) is 11.3 Å². The van der Waals surface area contributed by atoms with Crippen molar-refractivity contribution < 1.29 is 9.53 Å². The minimum atomic E-state index is -0.247. The number of hydrogen-bond acceptors (Lipinski definition) is 8. The molecule has 0 spiro atoms. The molecule has 3 aromatic rings. The predicted molar refractivity (Wildman–Crippen MR) is 158 cm³/mol. The molecule has 0 aliphatic carbocycles. The second kappa shape index (κ2) is 14.9. The smallest absolute Gasteiger partial charge is 0.245 e. The summed E-state index contributed by atoms with van der Waals surface area (Å²) in [6, 6.07) is 15.1. The van der Waals surface area contributed by atoms with Gasteiger partial charge in [0.2, 0.25) is 5.91 Å². The van der Waals surface area contributed by atoms with Crippen LogP contribution in [0.3, 0.4) is 0 Å². The van der Waals surface area contributed by atoms with Gasteiger partial charge in [-0.05, 0) is 61.7 Å². The standard InChI is InChI=1S/C30H34ClN7O2/c1-33-27-6-5-23(17-32)16-28(27)34-11-7-29(39)35-18-24-3-2-4-25(15-24)30-36-19-26(20-37-30)40-21-22-8-12-38(13-9-22)14-10-31/h2-7,11,15-16,19-20,22,33-34H,8-10,12-14,18,21H2,1H3,(H,35,39)/b11-7-. The van der Waals surface area contributed by atoms with Crippen LogP contribution in [0.25, 0.3) is 11.4 Å². The maximum atomic E-state index is 12.3. The zero-order valence-electron chi connectivity index (χ0n) is 22.6. The van der Waals surface area contributed by atoms with Gasteiger partial charge in [0.25, 0.3) is 0 Å². The molecule has 0 atom stereocenters. The molecule has 208 valence electrons. The molecule has 2 aromatic carbocycles. The van der Waals surface area contributed by atoms with Gasteiger partial charge >= 0.3 is 0 Å². The summed E-state index contributed by atoms with van der Waals surface area (Å²) in [7, 11) is 1.79. The second-order valence-electron chi connectivity index (χ2n) is 9.55. The fourth-order valence-electron chi connectivity index (χ4n) is 4.48. The number of amides is 1. The Balaban J connectivity index is 1.25. The van der Waals surface area contributed by atoms with Gasteiger partial charge in [-0.15, -0.1) is 11.6 Å². The average molecular weight is 560 g/mol. The molecule has 3 N–H and O–H groups in total. The van der Waals surface area contributed by atoms with Crippen molar-refractivity contribution in [2.75, 3.05) is 49.8 Å². The van der Waals surface area contributed by atoms with Crippen molar-refractivity contribution >= 4 is 28.9 Å². The lowest BCUT2D eigenvalue weighted by molar-refractivity contribution is -0.116. The summed E-state index contributed by atoms with van der Waals surface area (Å²) < 4.78 is 5.96. The summed E-state index contributed by atoms with van der Waals surface area (Å²) in [5.41, 5.74) is 3.84. The van der Waals surface area contributed by atoms with Crippen molar-refractivity contribution in [2.24, 2.45) is 5.92 Å². The Morgan fingerprint density at radius 2 is 1.98 bits per heavy atom. The highest BCUT2D eigenvalue weighted by molar-refractivity contribution is 6.18. The van der Waals surface area contributed by atoms with Crippen LogP contribution in [0.2, 0.25) is 0 Å². The number of nitriles is 1. The number of benzene rings is 2. The van der Waals surface area contributed by atoms with Crippen molar-refractivity contribution in [1.29, 1.82) is 5.26 Å². The zero-order chi connectivity index (χ0) is 28.2. The zero-order valence-corrected chi connectivity index (χ0v) is 23.3. The number of ether oxygens (including phenoxy) is 1. The summed E-state index contributed by atoms with van der Waals surface area (Å²) >= 11 is 5.85. The molecule has 1 aliphatic heterocycles. The Morgan fingerprint density at radius 1 is 1.18 bits per heavy atom. The fraction of sp³-hybridized carbons (Fsp3) is 0.333. The molecule has 1 aliphatic rings. The van der Waals surface area contributed by atoms with Crippen molar-refractivity contribution in [3.05, 3.63) is 78.3 Å². The first-order chi connectivity index (χ1) is 19.6. The first kappa shape index (κ1) is 28.9. The number of nitrogens with zero attached hydrogens (tertiary/aromatic N) is 4. The summed E-state index contributed by atoms with van der Waals surface area (Å²) in [5.74, 6) is 2.22. The van der Waals surface area contributed by atoms with E-state index >= 15 is 0 Å². The lowest BCUT2D eigenvalue weighted by atomic mass is 9.98. The number of hydrogen-bond donors (Lipinski definition) is 3. The number of nitrogens with one attached hydrogen (secondary N) is 3. The molecule has 0 saturated carbocycles. The third kappa shape index (κ3) is 8.43. The van der Waals surface area contributed by atoms with E-state index in [1.807, 2.05) is 24.3 Å². The van der Waals surface area contributed by atoms with Crippen LogP contribution in [0.4, 0.5) is 11.4 Å². The fourth-order valence-corrected chi connectivity index (χ4v) is 4.72. The Bertz CT molecular complexity index is 1330. The van der Waals surface area contributed by atoms with E-state index in [1.54, 1.807) is 43.8 Å². The van der Waals surface area contributed by atoms with Gasteiger partial charge in [-0.25, -0.2) is 9.97 Å². The summed E-state index contributed by atoms with van der Waals surface area (Å²) in [4.78, 5) is 23.7. The van der Waals surface area contributed by atoms with Gasteiger partial charge in [0, 0.05) is 43.9 Å². The quantitative estimate of drug-likeness (QED) is 0.217. The molecule has 9 nitrogen and oxygen atoms in total. The summed E-state index contributed by atoms with van der Waals surface area (Å²) in [5, 5.41) is 18.1. The van der Waals surface area contributed by atoms with E-state index in [9.17, 15) is 4.79 Å². The highest BCUT2D eigenvalue weighted by atomic mass is 35.5. The van der Waals surface area contributed by atoms with E-state index in [0.717, 1.165) is 49.3 Å². The molecule has 0 bridgehead atoms. The predicted octanol–water partition coefficient (Wildman–Crippen LogP) is 4.63. The molecule has 10 heteroatoms. The first-order valence-electron chi connectivity index (χ1n) is 13.3. The van der Waals surface area contributed by atoms with Crippen LogP contribution >= 0.6 is 11.6 Å². The Hall–Kier alpha value is -4.13. The molecule has 1 amide bonds. The van der Waals surface area contributed by atoms with E-state index in [-0.39, 0.29) is 5.91 Å². The van der Waals surface area contributed by atoms with Gasteiger partial charge in [0.15, 0.2) is 11.6 Å². The Morgan fingerprint density at radius 3 is 2.70 bits per heavy atom. The molecule has 0 unspecified atom stereocenters. The Labute approximate surface area is 240 Å². The largest absolute Gasteiger partial charge is 0.490 e. The van der Waals surface area contributed by atoms with Gasteiger partial charge < -0.3 is 25.6 Å². The molecule has 1 aromatic heterocycles. The van der Waals surface area contributed by atoms with Crippen LogP contribution in [0, 0.1) is 17.2 Å². The number of halogens is 1. The number of aromatic nitrogens is 2. The number of alkyl halides is 1. The maximum Gasteiger partial charge on any atom is 0.245 e. The van der Waals surface area contributed by atoms with Crippen LogP contribution in [0.5, 0.6) is 5.75 Å². The maximum absolute atomic E-state index is 12.3.